The van der Waals surface area contributed by atoms with Gasteiger partial charge in [0.15, 0.2) is 5.65 Å². The molecule has 19 heavy (non-hydrogen) atoms. The fourth-order valence-electron chi connectivity index (χ4n) is 3.50. The number of fused-ring (bicyclic) bond motifs is 3. The van der Waals surface area contributed by atoms with E-state index in [1.54, 1.807) is 0 Å². The fraction of sp³-hybridized carbons (Fsp3) is 0.538. The lowest BCUT2D eigenvalue weighted by atomic mass is 9.99. The van der Waals surface area contributed by atoms with Gasteiger partial charge in [0.1, 0.15) is 0 Å². The molecule has 100 valence electrons. The number of anilines is 1. The van der Waals surface area contributed by atoms with Gasteiger partial charge in [0.25, 0.3) is 0 Å². The van der Waals surface area contributed by atoms with Crippen molar-refractivity contribution in [3.63, 3.8) is 0 Å². The van der Waals surface area contributed by atoms with E-state index in [4.69, 9.17) is 5.73 Å². The Morgan fingerprint density at radius 2 is 1.95 bits per heavy atom. The van der Waals surface area contributed by atoms with Crippen molar-refractivity contribution < 1.29 is 0 Å². The van der Waals surface area contributed by atoms with E-state index in [1.807, 2.05) is 22.8 Å². The second-order valence-electron chi connectivity index (χ2n) is 5.59. The Morgan fingerprint density at radius 3 is 2.68 bits per heavy atom. The van der Waals surface area contributed by atoms with Gasteiger partial charge in [0.2, 0.25) is 5.95 Å². The van der Waals surface area contributed by atoms with E-state index < -0.39 is 0 Å². The molecule has 2 atom stereocenters. The number of nitrogens with zero attached hydrogens (tertiary/aromatic N) is 4. The van der Waals surface area contributed by atoms with Gasteiger partial charge in [-0.1, -0.05) is 0 Å². The first kappa shape index (κ1) is 11.7. The largest absolute Gasteiger partial charge is 0.333 e. The number of halogens is 1. The Morgan fingerprint density at radius 1 is 1.21 bits per heavy atom. The lowest BCUT2D eigenvalue weighted by molar-refractivity contribution is 0.409. The number of rotatable bonds is 1. The van der Waals surface area contributed by atoms with Crippen LogP contribution < -0.4 is 10.6 Å². The van der Waals surface area contributed by atoms with Gasteiger partial charge in [0.05, 0.1) is 0 Å². The van der Waals surface area contributed by atoms with Crippen LogP contribution in [0.4, 0.5) is 5.95 Å². The molecule has 0 radical (unpaired) electrons. The number of aromatic nitrogens is 3. The Labute approximate surface area is 119 Å². The summed E-state index contributed by atoms with van der Waals surface area (Å²) in [5.41, 5.74) is 7.01. The van der Waals surface area contributed by atoms with E-state index in [9.17, 15) is 0 Å². The molecule has 0 aromatic carbocycles. The van der Waals surface area contributed by atoms with Crippen molar-refractivity contribution in [2.75, 3.05) is 4.90 Å². The van der Waals surface area contributed by atoms with Gasteiger partial charge in [-0.15, -0.1) is 5.10 Å². The van der Waals surface area contributed by atoms with Crippen LogP contribution in [0.15, 0.2) is 22.8 Å². The monoisotopic (exact) mass is 321 g/mol. The molecule has 0 aliphatic carbocycles. The van der Waals surface area contributed by atoms with Crippen molar-refractivity contribution >= 4 is 27.5 Å². The fourth-order valence-corrected chi connectivity index (χ4v) is 3.83. The smallest absolute Gasteiger partial charge is 0.246 e. The average Bonchev–Trinajstić information content (AvgIpc) is 2.88. The van der Waals surface area contributed by atoms with Crippen molar-refractivity contribution in [3.05, 3.63) is 22.8 Å². The molecule has 6 heteroatoms. The van der Waals surface area contributed by atoms with Crippen molar-refractivity contribution in [1.29, 1.82) is 0 Å². The third-order valence-electron chi connectivity index (χ3n) is 4.28. The molecule has 2 unspecified atom stereocenters. The van der Waals surface area contributed by atoms with Crippen LogP contribution in [0.2, 0.25) is 0 Å². The Hall–Kier alpha value is -1.14. The van der Waals surface area contributed by atoms with Crippen LogP contribution in [0, 0.1) is 0 Å². The van der Waals surface area contributed by atoms with E-state index in [1.165, 1.54) is 12.8 Å². The standard InChI is InChI=1S/C13H16BrN5/c14-8-1-4-12-16-13(17-18(12)7-8)19-10-2-3-11(19)6-9(15)5-10/h1,4,7,9-11H,2-3,5-6,15H2. The van der Waals surface area contributed by atoms with E-state index >= 15 is 0 Å². The van der Waals surface area contributed by atoms with Crippen LogP contribution in [-0.2, 0) is 0 Å². The molecule has 2 aromatic rings. The third kappa shape index (κ3) is 1.85. The van der Waals surface area contributed by atoms with E-state index in [0.29, 0.717) is 18.1 Å². The van der Waals surface area contributed by atoms with Gasteiger partial charge in [-0.3, -0.25) is 0 Å². The minimum absolute atomic E-state index is 0.347. The van der Waals surface area contributed by atoms with Gasteiger partial charge in [-0.25, -0.2) is 4.52 Å². The molecule has 5 nitrogen and oxygen atoms in total. The van der Waals surface area contributed by atoms with Crippen LogP contribution >= 0.6 is 15.9 Å². The molecule has 2 fully saturated rings. The minimum Gasteiger partial charge on any atom is -0.333 e. The molecular weight excluding hydrogens is 306 g/mol. The Bertz CT molecular complexity index is 611. The first-order valence-corrected chi connectivity index (χ1v) is 7.56. The second kappa shape index (κ2) is 4.18. The molecule has 2 aliphatic rings. The summed E-state index contributed by atoms with van der Waals surface area (Å²) in [5, 5.41) is 4.62. The zero-order valence-electron chi connectivity index (χ0n) is 10.5. The molecule has 0 spiro atoms. The molecule has 4 heterocycles. The maximum Gasteiger partial charge on any atom is 0.246 e. The van der Waals surface area contributed by atoms with Crippen molar-refractivity contribution in [1.82, 2.24) is 14.6 Å². The van der Waals surface area contributed by atoms with E-state index in [2.05, 4.69) is 30.9 Å². The van der Waals surface area contributed by atoms with Gasteiger partial charge in [0, 0.05) is 28.8 Å². The van der Waals surface area contributed by atoms with Crippen molar-refractivity contribution in [3.8, 4) is 0 Å². The average molecular weight is 322 g/mol. The molecule has 2 aliphatic heterocycles. The summed E-state index contributed by atoms with van der Waals surface area (Å²) in [4.78, 5) is 7.05. The molecule has 0 amide bonds. The molecule has 2 saturated heterocycles. The summed E-state index contributed by atoms with van der Waals surface area (Å²) in [7, 11) is 0. The summed E-state index contributed by atoms with van der Waals surface area (Å²) in [6.07, 6.45) is 6.52. The van der Waals surface area contributed by atoms with Crippen LogP contribution in [-0.4, -0.2) is 32.7 Å². The Kier molecular flexibility index (Phi) is 2.57. The lowest BCUT2D eigenvalue weighted by Gasteiger charge is -2.36. The predicted octanol–water partition coefficient (Wildman–Crippen LogP) is 1.95. The van der Waals surface area contributed by atoms with Gasteiger partial charge >= 0.3 is 0 Å². The second-order valence-corrected chi connectivity index (χ2v) is 6.50. The third-order valence-corrected chi connectivity index (χ3v) is 4.75. The maximum absolute atomic E-state index is 6.11. The molecular formula is C13H16BrN5. The van der Waals surface area contributed by atoms with Crippen molar-refractivity contribution in [2.45, 2.75) is 43.8 Å². The molecule has 0 saturated carbocycles. The quantitative estimate of drug-likeness (QED) is 0.872. The molecule has 2 aromatic heterocycles. The zero-order chi connectivity index (χ0) is 13.0. The van der Waals surface area contributed by atoms with Crippen LogP contribution in [0.25, 0.3) is 5.65 Å². The highest BCUT2D eigenvalue weighted by atomic mass is 79.9. The predicted molar refractivity (Wildman–Crippen MR) is 77.2 cm³/mol. The minimum atomic E-state index is 0.347. The highest BCUT2D eigenvalue weighted by molar-refractivity contribution is 9.10. The summed E-state index contributed by atoms with van der Waals surface area (Å²) in [6, 6.07) is 5.37. The highest BCUT2D eigenvalue weighted by Crippen LogP contribution is 2.37. The zero-order valence-corrected chi connectivity index (χ0v) is 12.1. The molecule has 2 bridgehead atoms. The summed E-state index contributed by atoms with van der Waals surface area (Å²) in [6.45, 7) is 0. The summed E-state index contributed by atoms with van der Waals surface area (Å²) >= 11 is 3.46. The van der Waals surface area contributed by atoms with E-state index in [-0.39, 0.29) is 0 Å². The summed E-state index contributed by atoms with van der Waals surface area (Å²) < 4.78 is 2.85. The first-order chi connectivity index (χ1) is 9.20. The van der Waals surface area contributed by atoms with Crippen LogP contribution in [0.1, 0.15) is 25.7 Å². The van der Waals surface area contributed by atoms with Crippen LogP contribution in [0.5, 0.6) is 0 Å². The number of hydrogen-bond donors (Lipinski definition) is 1. The summed E-state index contributed by atoms with van der Waals surface area (Å²) in [5.74, 6) is 0.859. The maximum atomic E-state index is 6.11. The number of hydrogen-bond acceptors (Lipinski definition) is 4. The normalized spacial score (nSPS) is 30.2. The first-order valence-electron chi connectivity index (χ1n) is 6.76. The van der Waals surface area contributed by atoms with Gasteiger partial charge in [-0.2, -0.15) is 4.98 Å². The van der Waals surface area contributed by atoms with Gasteiger partial charge < -0.3 is 10.6 Å². The topological polar surface area (TPSA) is 59.5 Å². The molecule has 2 N–H and O–H groups in total. The number of piperidine rings is 1. The molecule has 4 rings (SSSR count). The number of pyridine rings is 1. The van der Waals surface area contributed by atoms with E-state index in [0.717, 1.165) is 28.9 Å². The van der Waals surface area contributed by atoms with Gasteiger partial charge in [-0.05, 0) is 53.7 Å². The lowest BCUT2D eigenvalue weighted by Crippen LogP contribution is -2.48. The Balaban J connectivity index is 1.74. The SMILES string of the molecule is NC1CC2CCC(C1)N2c1nc2ccc(Br)cn2n1. The van der Waals surface area contributed by atoms with Crippen LogP contribution in [0.3, 0.4) is 0 Å². The highest BCUT2D eigenvalue weighted by Gasteiger charge is 2.41. The van der Waals surface area contributed by atoms with Crippen molar-refractivity contribution in [2.24, 2.45) is 5.73 Å². The number of nitrogens with two attached hydrogens (primary N) is 1.